The summed E-state index contributed by atoms with van der Waals surface area (Å²) in [5, 5.41) is 13.9. The van der Waals surface area contributed by atoms with Crippen LogP contribution in [-0.4, -0.2) is 23.8 Å². The minimum absolute atomic E-state index is 0.416. The van der Waals surface area contributed by atoms with Crippen LogP contribution in [0.15, 0.2) is 0 Å². The smallest absolute Gasteiger partial charge is 0.0674 e. The molecule has 2 fully saturated rings. The Balaban J connectivity index is 1.99. The van der Waals surface area contributed by atoms with Crippen molar-refractivity contribution >= 4 is 0 Å². The fourth-order valence-corrected chi connectivity index (χ4v) is 3.39. The zero-order valence-corrected chi connectivity index (χ0v) is 9.97. The topological polar surface area (TPSA) is 32.3 Å². The Morgan fingerprint density at radius 2 is 1.80 bits per heavy atom. The summed E-state index contributed by atoms with van der Waals surface area (Å²) in [6.45, 7) is 4.05. The molecule has 1 aliphatic carbocycles. The molecule has 15 heavy (non-hydrogen) atoms. The summed E-state index contributed by atoms with van der Waals surface area (Å²) < 4.78 is 0. The van der Waals surface area contributed by atoms with E-state index in [1.54, 1.807) is 0 Å². The van der Waals surface area contributed by atoms with Crippen LogP contribution in [0.3, 0.4) is 0 Å². The van der Waals surface area contributed by atoms with Crippen molar-refractivity contribution in [1.82, 2.24) is 5.32 Å². The second-order valence-corrected chi connectivity index (χ2v) is 5.67. The molecule has 2 heteroatoms. The first-order valence-electron chi connectivity index (χ1n) is 6.63. The molecule has 2 atom stereocenters. The van der Waals surface area contributed by atoms with Gasteiger partial charge in [0.25, 0.3) is 0 Å². The van der Waals surface area contributed by atoms with Crippen molar-refractivity contribution in [2.75, 3.05) is 13.1 Å². The predicted octanol–water partition coefficient (Wildman–Crippen LogP) is 2.32. The Hall–Kier alpha value is -0.0800. The molecule has 0 radical (unpaired) electrons. The quantitative estimate of drug-likeness (QED) is 0.652. The molecule has 0 spiro atoms. The van der Waals surface area contributed by atoms with Crippen molar-refractivity contribution in [1.29, 1.82) is 0 Å². The van der Waals surface area contributed by atoms with Crippen LogP contribution < -0.4 is 5.32 Å². The monoisotopic (exact) mass is 211 g/mol. The lowest BCUT2D eigenvalue weighted by molar-refractivity contribution is -0.0506. The second-order valence-electron chi connectivity index (χ2n) is 5.67. The molecule has 2 unspecified atom stereocenters. The third kappa shape index (κ3) is 2.73. The number of nitrogens with one attached hydrogen (secondary N) is 1. The molecule has 1 saturated carbocycles. The fraction of sp³-hybridized carbons (Fsp3) is 1.00. The highest BCUT2D eigenvalue weighted by Gasteiger charge is 2.39. The van der Waals surface area contributed by atoms with Gasteiger partial charge in [-0.15, -0.1) is 0 Å². The lowest BCUT2D eigenvalue weighted by atomic mass is 9.72. The van der Waals surface area contributed by atoms with Gasteiger partial charge in [0, 0.05) is 12.5 Å². The maximum absolute atomic E-state index is 10.4. The van der Waals surface area contributed by atoms with Crippen LogP contribution >= 0.6 is 0 Å². The lowest BCUT2D eigenvalue weighted by Crippen LogP contribution is -2.51. The van der Waals surface area contributed by atoms with E-state index < -0.39 is 5.60 Å². The molecule has 0 aromatic heterocycles. The van der Waals surface area contributed by atoms with Crippen LogP contribution in [0.5, 0.6) is 0 Å². The van der Waals surface area contributed by atoms with E-state index in [1.807, 2.05) is 6.92 Å². The van der Waals surface area contributed by atoms with E-state index in [9.17, 15) is 5.11 Å². The maximum atomic E-state index is 10.4. The van der Waals surface area contributed by atoms with Gasteiger partial charge in [-0.2, -0.15) is 0 Å². The maximum Gasteiger partial charge on any atom is 0.0674 e. The lowest BCUT2D eigenvalue weighted by Gasteiger charge is -2.42. The van der Waals surface area contributed by atoms with Gasteiger partial charge in [-0.3, -0.25) is 0 Å². The molecule has 1 heterocycles. The van der Waals surface area contributed by atoms with Gasteiger partial charge in [0.2, 0.25) is 0 Å². The summed E-state index contributed by atoms with van der Waals surface area (Å²) in [7, 11) is 0. The van der Waals surface area contributed by atoms with Gasteiger partial charge in [-0.1, -0.05) is 38.5 Å². The van der Waals surface area contributed by atoms with Crippen LogP contribution in [-0.2, 0) is 0 Å². The molecule has 88 valence electrons. The summed E-state index contributed by atoms with van der Waals surface area (Å²) in [5.41, 5.74) is -0.416. The molecule has 0 bridgehead atoms. The molecule has 0 aromatic rings. The van der Waals surface area contributed by atoms with E-state index in [-0.39, 0.29) is 0 Å². The van der Waals surface area contributed by atoms with Crippen LogP contribution in [0.2, 0.25) is 0 Å². The predicted molar refractivity (Wildman–Crippen MR) is 62.8 cm³/mol. The van der Waals surface area contributed by atoms with E-state index in [0.29, 0.717) is 5.92 Å². The van der Waals surface area contributed by atoms with E-state index in [4.69, 9.17) is 0 Å². The van der Waals surface area contributed by atoms with Gasteiger partial charge in [0.1, 0.15) is 0 Å². The average Bonchev–Trinajstić information content (AvgIpc) is 2.45. The summed E-state index contributed by atoms with van der Waals surface area (Å²) in [6.07, 6.45) is 9.14. The summed E-state index contributed by atoms with van der Waals surface area (Å²) >= 11 is 0. The van der Waals surface area contributed by atoms with Crippen molar-refractivity contribution in [2.24, 2.45) is 11.8 Å². The van der Waals surface area contributed by atoms with E-state index in [1.165, 1.54) is 38.5 Å². The van der Waals surface area contributed by atoms with Crippen molar-refractivity contribution in [3.63, 3.8) is 0 Å². The molecule has 2 aliphatic rings. The Morgan fingerprint density at radius 1 is 1.13 bits per heavy atom. The fourth-order valence-electron chi connectivity index (χ4n) is 3.39. The second kappa shape index (κ2) is 4.84. The highest BCUT2D eigenvalue weighted by atomic mass is 16.3. The van der Waals surface area contributed by atoms with Crippen molar-refractivity contribution in [3.8, 4) is 0 Å². The van der Waals surface area contributed by atoms with E-state index in [2.05, 4.69) is 5.32 Å². The molecule has 0 aromatic carbocycles. The Labute approximate surface area is 93.5 Å². The SMILES string of the molecule is CC1(O)CCNCC1C1CCCCCC1. The molecule has 2 nitrogen and oxygen atoms in total. The van der Waals surface area contributed by atoms with Crippen molar-refractivity contribution in [2.45, 2.75) is 57.5 Å². The minimum Gasteiger partial charge on any atom is -0.390 e. The third-order valence-corrected chi connectivity index (χ3v) is 4.44. The highest BCUT2D eigenvalue weighted by molar-refractivity contribution is 4.92. The van der Waals surface area contributed by atoms with Gasteiger partial charge < -0.3 is 10.4 Å². The molecule has 2 N–H and O–H groups in total. The van der Waals surface area contributed by atoms with Gasteiger partial charge in [-0.05, 0) is 25.8 Å². The first-order valence-corrected chi connectivity index (χ1v) is 6.63. The van der Waals surface area contributed by atoms with Gasteiger partial charge in [-0.25, -0.2) is 0 Å². The first kappa shape index (κ1) is 11.4. The summed E-state index contributed by atoms with van der Waals surface area (Å²) in [4.78, 5) is 0. The first-order chi connectivity index (χ1) is 7.20. The van der Waals surface area contributed by atoms with E-state index >= 15 is 0 Å². The van der Waals surface area contributed by atoms with Gasteiger partial charge >= 0.3 is 0 Å². The number of aliphatic hydroxyl groups is 1. The third-order valence-electron chi connectivity index (χ3n) is 4.44. The van der Waals surface area contributed by atoms with Crippen LogP contribution in [0, 0.1) is 11.8 Å². The Bertz CT molecular complexity index is 195. The standard InChI is InChI=1S/C13H25NO/c1-13(15)8-9-14-10-12(13)11-6-4-2-3-5-7-11/h11-12,14-15H,2-10H2,1H3. The van der Waals surface area contributed by atoms with Crippen molar-refractivity contribution in [3.05, 3.63) is 0 Å². The zero-order valence-electron chi connectivity index (χ0n) is 9.97. The summed E-state index contributed by atoms with van der Waals surface area (Å²) in [5.74, 6) is 1.25. The number of rotatable bonds is 1. The van der Waals surface area contributed by atoms with E-state index in [0.717, 1.165) is 25.4 Å². The average molecular weight is 211 g/mol. The number of piperidine rings is 1. The highest BCUT2D eigenvalue weighted by Crippen LogP contribution is 2.37. The van der Waals surface area contributed by atoms with Gasteiger partial charge in [0.05, 0.1) is 5.60 Å². The Kier molecular flexibility index (Phi) is 3.68. The normalized spacial score (nSPS) is 40.0. The van der Waals surface area contributed by atoms with Crippen LogP contribution in [0.25, 0.3) is 0 Å². The van der Waals surface area contributed by atoms with Crippen LogP contribution in [0.1, 0.15) is 51.9 Å². The molecular weight excluding hydrogens is 186 g/mol. The van der Waals surface area contributed by atoms with Crippen LogP contribution in [0.4, 0.5) is 0 Å². The molecule has 1 aliphatic heterocycles. The Morgan fingerprint density at radius 3 is 2.40 bits per heavy atom. The molecule has 0 amide bonds. The van der Waals surface area contributed by atoms with Gasteiger partial charge in [0.15, 0.2) is 0 Å². The minimum atomic E-state index is -0.416. The molecule has 2 rings (SSSR count). The summed E-state index contributed by atoms with van der Waals surface area (Å²) in [6, 6.07) is 0. The molecule has 1 saturated heterocycles. The number of hydrogen-bond acceptors (Lipinski definition) is 2. The number of hydrogen-bond donors (Lipinski definition) is 2. The van der Waals surface area contributed by atoms with Crippen molar-refractivity contribution < 1.29 is 5.11 Å². The zero-order chi connectivity index (χ0) is 10.7. The largest absolute Gasteiger partial charge is 0.390 e. The molecular formula is C13H25NO.